The maximum Gasteiger partial charge on any atom is 0.306 e. The molecule has 0 saturated heterocycles. The Balaban J connectivity index is 4.47. The molecule has 0 aliphatic carbocycles. The number of carbonyl (C=O) groups excluding carboxylic acids is 3. The predicted octanol–water partition coefficient (Wildman–Crippen LogP) is 15.1. The minimum absolute atomic E-state index is 0.105. The molecular formula is C50H88O6. The molecule has 0 spiro atoms. The van der Waals surface area contributed by atoms with E-state index in [0.717, 1.165) is 77.0 Å². The van der Waals surface area contributed by atoms with Crippen LogP contribution in [0.4, 0.5) is 0 Å². The molecule has 0 radical (unpaired) electrons. The van der Waals surface area contributed by atoms with Gasteiger partial charge in [-0.3, -0.25) is 14.4 Å². The molecule has 0 fully saturated rings. The van der Waals surface area contributed by atoms with Gasteiger partial charge in [0.05, 0.1) is 0 Å². The number of esters is 3. The summed E-state index contributed by atoms with van der Waals surface area (Å²) >= 11 is 0. The average molecular weight is 785 g/mol. The van der Waals surface area contributed by atoms with Crippen LogP contribution in [0.15, 0.2) is 48.6 Å². The summed E-state index contributed by atoms with van der Waals surface area (Å²) in [6, 6.07) is 0. The topological polar surface area (TPSA) is 78.9 Å². The van der Waals surface area contributed by atoms with Crippen molar-refractivity contribution in [2.24, 2.45) is 0 Å². The minimum atomic E-state index is -0.809. The van der Waals surface area contributed by atoms with Crippen molar-refractivity contribution in [1.29, 1.82) is 0 Å². The van der Waals surface area contributed by atoms with Gasteiger partial charge in [-0.2, -0.15) is 0 Å². The van der Waals surface area contributed by atoms with Gasteiger partial charge in [0.15, 0.2) is 6.10 Å². The molecule has 0 aromatic rings. The van der Waals surface area contributed by atoms with Gasteiger partial charge in [-0.25, -0.2) is 0 Å². The van der Waals surface area contributed by atoms with Crippen molar-refractivity contribution < 1.29 is 28.6 Å². The van der Waals surface area contributed by atoms with E-state index in [1.54, 1.807) is 0 Å². The summed E-state index contributed by atoms with van der Waals surface area (Å²) in [6.45, 7) is 6.51. The normalized spacial score (nSPS) is 12.4. The first-order valence-corrected chi connectivity index (χ1v) is 23.6. The highest BCUT2D eigenvalue weighted by Gasteiger charge is 2.19. The highest BCUT2D eigenvalue weighted by molar-refractivity contribution is 5.71. The number of unbranched alkanes of at least 4 members (excludes halogenated alkanes) is 23. The molecular weight excluding hydrogens is 697 g/mol. The molecule has 0 amide bonds. The third-order valence-electron chi connectivity index (χ3n) is 10.0. The van der Waals surface area contributed by atoms with Crippen molar-refractivity contribution in [3.05, 3.63) is 48.6 Å². The summed E-state index contributed by atoms with van der Waals surface area (Å²) in [5, 5.41) is 0. The first-order chi connectivity index (χ1) is 27.5. The highest BCUT2D eigenvalue weighted by Crippen LogP contribution is 2.13. The van der Waals surface area contributed by atoms with Crippen LogP contribution in [0.25, 0.3) is 0 Å². The Kier molecular flexibility index (Phi) is 43.0. The van der Waals surface area contributed by atoms with Crippen molar-refractivity contribution in [2.45, 2.75) is 239 Å². The molecule has 324 valence electrons. The quantitative estimate of drug-likeness (QED) is 0.0265. The van der Waals surface area contributed by atoms with Crippen molar-refractivity contribution in [3.8, 4) is 0 Å². The summed E-state index contributed by atoms with van der Waals surface area (Å²) in [7, 11) is 0. The van der Waals surface area contributed by atoms with Crippen LogP contribution in [-0.4, -0.2) is 37.2 Å². The second-order valence-corrected chi connectivity index (χ2v) is 15.7. The van der Waals surface area contributed by atoms with E-state index in [1.807, 2.05) is 6.08 Å². The van der Waals surface area contributed by atoms with Crippen LogP contribution in [0.5, 0.6) is 0 Å². The van der Waals surface area contributed by atoms with Crippen LogP contribution in [0, 0.1) is 0 Å². The van der Waals surface area contributed by atoms with Crippen LogP contribution in [-0.2, 0) is 28.6 Å². The van der Waals surface area contributed by atoms with Crippen molar-refractivity contribution in [3.63, 3.8) is 0 Å². The van der Waals surface area contributed by atoms with Gasteiger partial charge < -0.3 is 14.2 Å². The van der Waals surface area contributed by atoms with Crippen LogP contribution >= 0.6 is 0 Å². The molecule has 0 rings (SSSR count). The van der Waals surface area contributed by atoms with E-state index < -0.39 is 6.10 Å². The maximum absolute atomic E-state index is 12.7. The van der Waals surface area contributed by atoms with E-state index in [9.17, 15) is 14.4 Å². The first-order valence-electron chi connectivity index (χ1n) is 23.6. The van der Waals surface area contributed by atoms with Crippen LogP contribution < -0.4 is 0 Å². The molecule has 0 saturated carbocycles. The van der Waals surface area contributed by atoms with Crippen molar-refractivity contribution in [2.75, 3.05) is 13.2 Å². The Morgan fingerprint density at radius 3 is 1.14 bits per heavy atom. The second-order valence-electron chi connectivity index (χ2n) is 15.7. The third kappa shape index (κ3) is 42.5. The zero-order valence-corrected chi connectivity index (χ0v) is 36.9. The first kappa shape index (κ1) is 53.4. The maximum atomic E-state index is 12.7. The summed E-state index contributed by atoms with van der Waals surface area (Å²) < 4.78 is 16.6. The minimum Gasteiger partial charge on any atom is -0.462 e. The van der Waals surface area contributed by atoms with Crippen molar-refractivity contribution >= 4 is 17.9 Å². The summed E-state index contributed by atoms with van der Waals surface area (Å²) in [4.78, 5) is 37.7. The zero-order valence-electron chi connectivity index (χ0n) is 36.9. The van der Waals surface area contributed by atoms with Crippen LogP contribution in [0.2, 0.25) is 0 Å². The van der Waals surface area contributed by atoms with Gasteiger partial charge in [0, 0.05) is 19.3 Å². The number of carbonyl (C=O) groups is 3. The molecule has 0 heterocycles. The molecule has 1 unspecified atom stereocenters. The lowest BCUT2D eigenvalue weighted by Crippen LogP contribution is -2.30. The number of hydrogen-bond acceptors (Lipinski definition) is 6. The lowest BCUT2D eigenvalue weighted by molar-refractivity contribution is -0.166. The SMILES string of the molecule is CCCC/C=C\CCCCCCCC(=O)OCC(COC(=O)CCCCC/C=C\CCCCCCCCC)OC(=O)CC/C=C\C/C=C\CCCCCCCC. The fraction of sp³-hybridized carbons (Fsp3) is 0.780. The summed E-state index contributed by atoms with van der Waals surface area (Å²) in [5.74, 6) is -0.999. The lowest BCUT2D eigenvalue weighted by Gasteiger charge is -2.18. The molecule has 0 aromatic carbocycles. The molecule has 0 N–H and O–H groups in total. The van der Waals surface area contributed by atoms with Gasteiger partial charge in [0.1, 0.15) is 13.2 Å². The Labute approximate surface area is 346 Å². The second kappa shape index (κ2) is 45.1. The van der Waals surface area contributed by atoms with E-state index in [1.165, 1.54) is 109 Å². The Hall–Kier alpha value is -2.63. The Morgan fingerprint density at radius 1 is 0.357 bits per heavy atom. The van der Waals surface area contributed by atoms with Crippen molar-refractivity contribution in [1.82, 2.24) is 0 Å². The number of ether oxygens (including phenoxy) is 3. The van der Waals surface area contributed by atoms with Crippen LogP contribution in [0.3, 0.4) is 0 Å². The van der Waals surface area contributed by atoms with Gasteiger partial charge in [-0.1, -0.05) is 179 Å². The smallest absolute Gasteiger partial charge is 0.306 e. The number of rotatable bonds is 42. The van der Waals surface area contributed by atoms with E-state index in [-0.39, 0.29) is 37.5 Å². The predicted molar refractivity (Wildman–Crippen MR) is 238 cm³/mol. The molecule has 0 aliphatic rings. The molecule has 1 atom stereocenters. The molecule has 0 aliphatic heterocycles. The molecule has 6 nitrogen and oxygen atoms in total. The highest BCUT2D eigenvalue weighted by atomic mass is 16.6. The van der Waals surface area contributed by atoms with Gasteiger partial charge in [0.25, 0.3) is 0 Å². The number of allylic oxidation sites excluding steroid dienone is 8. The molecule has 56 heavy (non-hydrogen) atoms. The summed E-state index contributed by atoms with van der Waals surface area (Å²) in [6.07, 6.45) is 52.5. The third-order valence-corrected chi connectivity index (χ3v) is 10.0. The largest absolute Gasteiger partial charge is 0.462 e. The Bertz CT molecular complexity index is 996. The van der Waals surface area contributed by atoms with E-state index in [0.29, 0.717) is 19.3 Å². The number of hydrogen-bond donors (Lipinski definition) is 0. The zero-order chi connectivity index (χ0) is 40.8. The van der Waals surface area contributed by atoms with Crippen LogP contribution in [0.1, 0.15) is 233 Å². The van der Waals surface area contributed by atoms with Gasteiger partial charge >= 0.3 is 17.9 Å². The monoisotopic (exact) mass is 785 g/mol. The fourth-order valence-electron chi connectivity index (χ4n) is 6.41. The average Bonchev–Trinajstić information content (AvgIpc) is 3.19. The van der Waals surface area contributed by atoms with Gasteiger partial charge in [-0.15, -0.1) is 0 Å². The lowest BCUT2D eigenvalue weighted by atomic mass is 10.1. The molecule has 0 aromatic heterocycles. The standard InChI is InChI=1S/C50H88O6/c1-4-7-10-13-16-19-22-24-26-28-31-34-37-40-43-49(52)55-46-47(45-54-48(51)42-39-36-33-30-27-21-18-15-12-9-6-3)56-50(53)44-41-38-35-32-29-25-23-20-17-14-11-8-5-2/h15,18,25-26,28-29,35,38,47H,4-14,16-17,19-24,27,30-34,36-37,39-46H2,1-3H3/b18-15-,28-26-,29-25-,38-35-. The van der Waals surface area contributed by atoms with Gasteiger partial charge in [0.2, 0.25) is 0 Å². The van der Waals surface area contributed by atoms with E-state index in [4.69, 9.17) is 14.2 Å². The summed E-state index contributed by atoms with van der Waals surface area (Å²) in [5.41, 5.74) is 0. The van der Waals surface area contributed by atoms with Gasteiger partial charge in [-0.05, 0) is 83.5 Å². The fourth-order valence-corrected chi connectivity index (χ4v) is 6.41. The Morgan fingerprint density at radius 2 is 0.696 bits per heavy atom. The molecule has 0 bridgehead atoms. The van der Waals surface area contributed by atoms with E-state index in [2.05, 4.69) is 63.3 Å². The molecule has 6 heteroatoms. The van der Waals surface area contributed by atoms with E-state index >= 15 is 0 Å².